The van der Waals surface area contributed by atoms with Crippen molar-refractivity contribution < 1.29 is 18.0 Å². The van der Waals surface area contributed by atoms with Crippen LogP contribution in [0.4, 0.5) is 11.4 Å². The summed E-state index contributed by atoms with van der Waals surface area (Å²) >= 11 is 7.54. The number of thioether (sulfide) groups is 1. The summed E-state index contributed by atoms with van der Waals surface area (Å²) in [6, 6.07) is 26.0. The van der Waals surface area contributed by atoms with Crippen molar-refractivity contribution in [3.05, 3.63) is 124 Å². The molecule has 4 aromatic rings. The lowest BCUT2D eigenvalue weighted by atomic mass is 10.1. The summed E-state index contributed by atoms with van der Waals surface area (Å²) in [5, 5.41) is 3.30. The highest BCUT2D eigenvalue weighted by Gasteiger charge is 2.32. The molecule has 2 N–H and O–H groups in total. The molecule has 0 spiro atoms. The van der Waals surface area contributed by atoms with Gasteiger partial charge in [0.15, 0.2) is 0 Å². The number of carbonyl (C=O) groups is 2. The third kappa shape index (κ3) is 6.75. The van der Waals surface area contributed by atoms with Crippen LogP contribution < -0.4 is 10.0 Å². The monoisotopic (exact) mass is 605 g/mol. The molecule has 5 rings (SSSR count). The van der Waals surface area contributed by atoms with Crippen LogP contribution in [0.2, 0.25) is 5.02 Å². The van der Waals surface area contributed by atoms with Gasteiger partial charge >= 0.3 is 0 Å². The van der Waals surface area contributed by atoms with Crippen molar-refractivity contribution in [3.8, 4) is 0 Å². The van der Waals surface area contributed by atoms with Crippen LogP contribution in [0.3, 0.4) is 0 Å². The zero-order chi connectivity index (χ0) is 29.1. The Morgan fingerprint density at radius 2 is 1.56 bits per heavy atom. The molecule has 1 aliphatic rings. The largest absolute Gasteiger partial charge is 0.322 e. The van der Waals surface area contributed by atoms with Gasteiger partial charge < -0.3 is 10.2 Å². The van der Waals surface area contributed by atoms with E-state index in [4.69, 9.17) is 11.6 Å². The number of carbonyl (C=O) groups excluding carboxylic acids is 2. The van der Waals surface area contributed by atoms with Gasteiger partial charge in [-0.15, -0.1) is 11.8 Å². The maximum Gasteiger partial charge on any atom is 0.261 e. The van der Waals surface area contributed by atoms with Crippen molar-refractivity contribution in [1.29, 1.82) is 0 Å². The molecule has 2 amide bonds. The Labute approximate surface area is 249 Å². The van der Waals surface area contributed by atoms with Crippen LogP contribution >= 0.6 is 23.4 Å². The minimum atomic E-state index is -3.78. The summed E-state index contributed by atoms with van der Waals surface area (Å²) in [5.74, 6) is 0.131. The average Bonchev–Trinajstić information content (AvgIpc) is 3.31. The average molecular weight is 606 g/mol. The first-order valence-corrected chi connectivity index (χ1v) is 15.8. The molecule has 7 nitrogen and oxygen atoms in total. The van der Waals surface area contributed by atoms with Crippen LogP contribution in [0.5, 0.6) is 0 Å². The fourth-order valence-electron chi connectivity index (χ4n) is 4.43. The second-order valence-corrected chi connectivity index (χ2v) is 13.0. The summed E-state index contributed by atoms with van der Waals surface area (Å²) in [6.07, 6.45) is 0. The van der Waals surface area contributed by atoms with Crippen molar-refractivity contribution in [2.24, 2.45) is 0 Å². The van der Waals surface area contributed by atoms with E-state index in [2.05, 4.69) is 10.0 Å². The standard InChI is InChI=1S/C31H28ClN3O4S2/c1-20-3-12-27(17-21(20)2)34-41(38,39)28-15-13-26(14-16-28)33-30(37)23-6-8-24(9-7-23)31-35(29(36)19-40-31)18-22-4-10-25(32)11-5-22/h3-17,31,34H,18-19H2,1-2H3,(H,33,37)/t31-/m0/s1. The molecule has 4 aromatic carbocycles. The molecule has 1 atom stereocenters. The fourth-order valence-corrected chi connectivity index (χ4v) is 6.79. The summed E-state index contributed by atoms with van der Waals surface area (Å²) in [5.41, 5.74) is 5.38. The van der Waals surface area contributed by atoms with E-state index in [1.807, 2.05) is 61.2 Å². The SMILES string of the molecule is Cc1ccc(NS(=O)(=O)c2ccc(NC(=O)c3ccc([C@@H]4SCC(=O)N4Cc4ccc(Cl)cc4)cc3)cc2)cc1C. The number of aryl methyl sites for hydroxylation is 2. The number of hydrogen-bond acceptors (Lipinski definition) is 5. The normalized spacial score (nSPS) is 15.1. The van der Waals surface area contributed by atoms with E-state index < -0.39 is 10.0 Å². The van der Waals surface area contributed by atoms with E-state index in [0.29, 0.717) is 34.3 Å². The van der Waals surface area contributed by atoms with Gasteiger partial charge in [0.1, 0.15) is 5.37 Å². The highest BCUT2D eigenvalue weighted by molar-refractivity contribution is 8.00. The van der Waals surface area contributed by atoms with E-state index >= 15 is 0 Å². The molecule has 1 aliphatic heterocycles. The van der Waals surface area contributed by atoms with Gasteiger partial charge in [0.05, 0.1) is 10.6 Å². The quantitative estimate of drug-likeness (QED) is 0.231. The Balaban J connectivity index is 1.22. The second kappa shape index (κ2) is 12.0. The molecular weight excluding hydrogens is 578 g/mol. The number of nitrogens with zero attached hydrogens (tertiary/aromatic N) is 1. The molecular formula is C31H28ClN3O4S2. The zero-order valence-corrected chi connectivity index (χ0v) is 24.8. The Morgan fingerprint density at radius 3 is 2.22 bits per heavy atom. The summed E-state index contributed by atoms with van der Waals surface area (Å²) < 4.78 is 28.2. The maximum absolute atomic E-state index is 12.9. The lowest BCUT2D eigenvalue weighted by Gasteiger charge is -2.24. The van der Waals surface area contributed by atoms with E-state index in [1.165, 1.54) is 12.1 Å². The smallest absolute Gasteiger partial charge is 0.261 e. The number of hydrogen-bond donors (Lipinski definition) is 2. The molecule has 41 heavy (non-hydrogen) atoms. The second-order valence-electron chi connectivity index (χ2n) is 9.82. The third-order valence-corrected chi connectivity index (χ3v) is 9.78. The Kier molecular flexibility index (Phi) is 8.40. The molecule has 1 saturated heterocycles. The van der Waals surface area contributed by atoms with Gasteiger partial charge in [-0.05, 0) is 96.8 Å². The van der Waals surface area contributed by atoms with E-state index in [0.717, 1.165) is 22.3 Å². The third-order valence-electron chi connectivity index (χ3n) is 6.87. The van der Waals surface area contributed by atoms with Crippen molar-refractivity contribution >= 4 is 56.6 Å². The van der Waals surface area contributed by atoms with E-state index in [-0.39, 0.29) is 22.1 Å². The number of amides is 2. The first kappa shape index (κ1) is 28.7. The Hall–Kier alpha value is -3.79. The van der Waals surface area contributed by atoms with Gasteiger partial charge in [-0.1, -0.05) is 41.9 Å². The fraction of sp³-hybridized carbons (Fsp3) is 0.161. The van der Waals surface area contributed by atoms with Crippen molar-refractivity contribution in [3.63, 3.8) is 0 Å². The first-order valence-electron chi connectivity index (χ1n) is 12.9. The molecule has 1 heterocycles. The van der Waals surface area contributed by atoms with Gasteiger partial charge in [-0.25, -0.2) is 8.42 Å². The van der Waals surface area contributed by atoms with Crippen LogP contribution in [0.15, 0.2) is 95.9 Å². The van der Waals surface area contributed by atoms with Gasteiger partial charge in [0.25, 0.3) is 15.9 Å². The van der Waals surface area contributed by atoms with Gasteiger partial charge in [-0.3, -0.25) is 14.3 Å². The van der Waals surface area contributed by atoms with Crippen molar-refractivity contribution in [2.75, 3.05) is 15.8 Å². The van der Waals surface area contributed by atoms with Gasteiger partial charge in [-0.2, -0.15) is 0 Å². The van der Waals surface area contributed by atoms with Gasteiger partial charge in [0, 0.05) is 28.5 Å². The molecule has 0 saturated carbocycles. The number of halogens is 1. The predicted molar refractivity (Wildman–Crippen MR) is 165 cm³/mol. The molecule has 10 heteroatoms. The van der Waals surface area contributed by atoms with Crippen molar-refractivity contribution in [1.82, 2.24) is 4.90 Å². The zero-order valence-electron chi connectivity index (χ0n) is 22.4. The van der Waals surface area contributed by atoms with Crippen LogP contribution in [0.25, 0.3) is 0 Å². The summed E-state index contributed by atoms with van der Waals surface area (Å²) in [6.45, 7) is 4.36. The van der Waals surface area contributed by atoms with Crippen LogP contribution in [0, 0.1) is 13.8 Å². The highest BCUT2D eigenvalue weighted by atomic mass is 35.5. The highest BCUT2D eigenvalue weighted by Crippen LogP contribution is 2.39. The van der Waals surface area contributed by atoms with Crippen LogP contribution in [-0.4, -0.2) is 30.9 Å². The van der Waals surface area contributed by atoms with Crippen LogP contribution in [0.1, 0.15) is 38.0 Å². The Bertz CT molecular complexity index is 1690. The van der Waals surface area contributed by atoms with E-state index in [1.54, 1.807) is 48.2 Å². The number of benzene rings is 4. The summed E-state index contributed by atoms with van der Waals surface area (Å²) in [4.78, 5) is 27.4. The molecule has 0 bridgehead atoms. The van der Waals surface area contributed by atoms with Crippen molar-refractivity contribution in [2.45, 2.75) is 30.7 Å². The first-order chi connectivity index (χ1) is 19.6. The minimum absolute atomic E-state index is 0.0615. The molecule has 210 valence electrons. The number of anilines is 2. The maximum atomic E-state index is 12.9. The minimum Gasteiger partial charge on any atom is -0.322 e. The van der Waals surface area contributed by atoms with Gasteiger partial charge in [0.2, 0.25) is 5.91 Å². The molecule has 0 unspecified atom stereocenters. The Morgan fingerprint density at radius 1 is 0.902 bits per heavy atom. The molecule has 0 radical (unpaired) electrons. The van der Waals surface area contributed by atoms with Crippen LogP contribution in [-0.2, 0) is 21.4 Å². The lowest BCUT2D eigenvalue weighted by Crippen LogP contribution is -2.27. The number of nitrogens with one attached hydrogen (secondary N) is 2. The lowest BCUT2D eigenvalue weighted by molar-refractivity contribution is -0.128. The predicted octanol–water partition coefficient (Wildman–Crippen LogP) is 6.78. The number of sulfonamides is 1. The molecule has 0 aliphatic carbocycles. The molecule has 0 aromatic heterocycles. The molecule has 1 fully saturated rings. The number of rotatable bonds is 8. The summed E-state index contributed by atoms with van der Waals surface area (Å²) in [7, 11) is -3.78. The topological polar surface area (TPSA) is 95.6 Å². The van der Waals surface area contributed by atoms with E-state index in [9.17, 15) is 18.0 Å².